The van der Waals surface area contributed by atoms with Gasteiger partial charge in [-0.1, -0.05) is 24.3 Å². The minimum atomic E-state index is -4.83. The van der Waals surface area contributed by atoms with Gasteiger partial charge in [0.15, 0.2) is 11.6 Å². The minimum absolute atomic E-state index is 0. The molecule has 2 aromatic rings. The molecule has 0 amide bonds. The summed E-state index contributed by atoms with van der Waals surface area (Å²) in [7, 11) is 0. The summed E-state index contributed by atoms with van der Waals surface area (Å²) in [5.74, 6) is -2.11. The summed E-state index contributed by atoms with van der Waals surface area (Å²) in [6.07, 6.45) is -8.05. The maximum Gasteiger partial charge on any atom is 0.417 e. The first-order chi connectivity index (χ1) is 16.9. The van der Waals surface area contributed by atoms with Crippen LogP contribution in [0, 0.1) is 0 Å². The molecular formula is C26H23F6NO3. The number of hydrogen-bond donors (Lipinski definition) is 1. The first kappa shape index (κ1) is 24.5. The fourth-order valence-corrected chi connectivity index (χ4v) is 5.73. The Kier molecular flexibility index (Phi) is 5.77. The first-order valence-electron chi connectivity index (χ1n) is 11.5. The molecule has 5 rings (SSSR count). The van der Waals surface area contributed by atoms with Gasteiger partial charge in [-0.15, -0.1) is 0 Å². The van der Waals surface area contributed by atoms with Crippen molar-refractivity contribution < 1.29 is 42.5 Å². The van der Waals surface area contributed by atoms with Crippen molar-refractivity contribution >= 4 is 17.3 Å². The van der Waals surface area contributed by atoms with Crippen molar-refractivity contribution in [2.45, 2.75) is 62.6 Å². The van der Waals surface area contributed by atoms with Gasteiger partial charge >= 0.3 is 12.4 Å². The van der Waals surface area contributed by atoms with E-state index in [1.165, 1.54) is 24.3 Å². The predicted octanol–water partition coefficient (Wildman–Crippen LogP) is 5.55. The Hall–Kier alpha value is -3.14. The Labute approximate surface area is 203 Å². The number of carbonyl (C=O) groups is 2. The van der Waals surface area contributed by atoms with Crippen LogP contribution in [0.2, 0.25) is 0 Å². The highest BCUT2D eigenvalue weighted by atomic mass is 19.4. The van der Waals surface area contributed by atoms with Crippen molar-refractivity contribution in [1.82, 2.24) is 0 Å². The topological polar surface area (TPSA) is 57.6 Å². The van der Waals surface area contributed by atoms with Crippen LogP contribution in [0.5, 0.6) is 0 Å². The summed E-state index contributed by atoms with van der Waals surface area (Å²) in [5, 5.41) is 10.1. The molecule has 36 heavy (non-hydrogen) atoms. The zero-order chi connectivity index (χ0) is 26.0. The molecule has 10 heteroatoms. The average Bonchev–Trinajstić information content (AvgIpc) is 3.34. The van der Waals surface area contributed by atoms with Crippen LogP contribution >= 0.6 is 0 Å². The summed E-state index contributed by atoms with van der Waals surface area (Å²) in [6.45, 7) is 0. The lowest BCUT2D eigenvalue weighted by Gasteiger charge is -2.26. The standard InChI is InChI=1S/C26H21F6NO3.H2/c27-25(28,29)18-3-1-2-13-5-8-17(24(36)23(13)18)21(34)10-14-4-6-15(11-19(14)26(30,31)32)33-16-7-9-20(33)22(35)12-16;/h1-4,6,8,11,16,20,22,35H,5,7,9-10,12H2;1H/t16?,20?,22-;/m1./s1. The second kappa shape index (κ2) is 8.47. The average molecular weight is 511 g/mol. The Morgan fingerprint density at radius 2 is 1.75 bits per heavy atom. The SMILES string of the molecule is O=C(Cc1ccc(N2C3CCC2[C@H](O)C3)cc1C(F)(F)F)C1=CCc2cccc(C(F)(F)F)c2C1=O.[HH]. The van der Waals surface area contributed by atoms with Gasteiger partial charge in [-0.3, -0.25) is 9.59 Å². The molecule has 2 unspecified atom stereocenters. The molecule has 1 aliphatic carbocycles. The number of anilines is 1. The summed E-state index contributed by atoms with van der Waals surface area (Å²) in [4.78, 5) is 27.6. The number of fused-ring (bicyclic) bond motifs is 3. The smallest absolute Gasteiger partial charge is 0.391 e. The van der Waals surface area contributed by atoms with Crippen molar-refractivity contribution in [2.24, 2.45) is 0 Å². The molecule has 0 saturated carbocycles. The van der Waals surface area contributed by atoms with Gasteiger partial charge in [0.1, 0.15) is 0 Å². The van der Waals surface area contributed by atoms with Gasteiger partial charge in [0.25, 0.3) is 0 Å². The number of allylic oxidation sites excluding steroid dienone is 2. The molecule has 2 saturated heterocycles. The fourth-order valence-electron chi connectivity index (χ4n) is 5.73. The number of carbonyl (C=O) groups excluding carboxylic acids is 2. The Bertz CT molecular complexity index is 1290. The molecule has 0 radical (unpaired) electrons. The molecule has 0 spiro atoms. The highest BCUT2D eigenvalue weighted by Gasteiger charge is 2.46. The second-order valence-corrected chi connectivity index (χ2v) is 9.44. The third-order valence-electron chi connectivity index (χ3n) is 7.31. The van der Waals surface area contributed by atoms with E-state index in [1.54, 1.807) is 4.90 Å². The molecule has 2 bridgehead atoms. The highest BCUT2D eigenvalue weighted by molar-refractivity contribution is 6.28. The van der Waals surface area contributed by atoms with Gasteiger partial charge in [0.05, 0.1) is 28.8 Å². The summed E-state index contributed by atoms with van der Waals surface area (Å²) in [6, 6.07) is 6.50. The molecule has 1 N–H and O–H groups in total. The lowest BCUT2D eigenvalue weighted by Crippen LogP contribution is -2.32. The summed E-state index contributed by atoms with van der Waals surface area (Å²) in [5.41, 5.74) is -3.37. The van der Waals surface area contributed by atoms with Gasteiger partial charge in [-0.2, -0.15) is 26.3 Å². The van der Waals surface area contributed by atoms with Crippen molar-refractivity contribution in [1.29, 1.82) is 0 Å². The number of hydrogen-bond acceptors (Lipinski definition) is 4. The summed E-state index contributed by atoms with van der Waals surface area (Å²) < 4.78 is 82.3. The van der Waals surface area contributed by atoms with Crippen molar-refractivity contribution in [3.63, 3.8) is 0 Å². The lowest BCUT2D eigenvalue weighted by atomic mass is 9.84. The molecule has 0 aromatic heterocycles. The number of nitrogens with zero attached hydrogens (tertiary/aromatic N) is 1. The van der Waals surface area contributed by atoms with E-state index >= 15 is 0 Å². The molecule has 2 aliphatic heterocycles. The van der Waals surface area contributed by atoms with E-state index in [1.807, 2.05) is 0 Å². The Morgan fingerprint density at radius 3 is 2.36 bits per heavy atom. The number of ketones is 2. The zero-order valence-electron chi connectivity index (χ0n) is 18.8. The highest BCUT2D eigenvalue weighted by Crippen LogP contribution is 2.44. The van der Waals surface area contributed by atoms with Gasteiger partial charge in [-0.25, -0.2) is 0 Å². The largest absolute Gasteiger partial charge is 0.417 e. The number of benzene rings is 2. The molecule has 2 heterocycles. The molecule has 4 nitrogen and oxygen atoms in total. The van der Waals surface area contributed by atoms with E-state index in [2.05, 4.69) is 0 Å². The van der Waals surface area contributed by atoms with Crippen LogP contribution in [-0.2, 0) is 30.0 Å². The maximum absolute atomic E-state index is 14.0. The van der Waals surface area contributed by atoms with Crippen molar-refractivity contribution in [2.75, 3.05) is 4.90 Å². The Balaban J connectivity index is 0.00000320. The van der Waals surface area contributed by atoms with Crippen molar-refractivity contribution in [3.8, 4) is 0 Å². The Morgan fingerprint density at radius 1 is 1.03 bits per heavy atom. The number of aliphatic hydroxyl groups excluding tert-OH is 1. The number of Topliss-reactive ketones (excluding diaryl/α,β-unsaturated/α-hetero) is 2. The van der Waals surface area contributed by atoms with Crippen LogP contribution in [0.3, 0.4) is 0 Å². The van der Waals surface area contributed by atoms with Crippen LogP contribution in [-0.4, -0.2) is 34.9 Å². The van der Waals surface area contributed by atoms with E-state index in [4.69, 9.17) is 0 Å². The van der Waals surface area contributed by atoms with Gasteiger partial charge in [-0.05, 0) is 55.0 Å². The predicted molar refractivity (Wildman–Crippen MR) is 120 cm³/mol. The number of halogens is 6. The molecular weight excluding hydrogens is 488 g/mol. The molecule has 2 fully saturated rings. The molecule has 3 aliphatic rings. The van der Waals surface area contributed by atoms with E-state index in [-0.39, 0.29) is 31.1 Å². The normalized spacial score (nSPS) is 23.6. The molecule has 192 valence electrons. The van der Waals surface area contributed by atoms with Crippen molar-refractivity contribution in [3.05, 3.63) is 75.9 Å². The van der Waals surface area contributed by atoms with Crippen LogP contribution in [0.4, 0.5) is 32.0 Å². The third kappa shape index (κ3) is 4.11. The van der Waals surface area contributed by atoms with Crippen LogP contribution in [0.1, 0.15) is 53.3 Å². The number of aliphatic hydroxyl groups is 1. The minimum Gasteiger partial charge on any atom is -0.391 e. The van der Waals surface area contributed by atoms with Crippen LogP contribution < -0.4 is 4.90 Å². The molecule has 2 aromatic carbocycles. The van der Waals surface area contributed by atoms with Gasteiger partial charge in [0.2, 0.25) is 0 Å². The lowest BCUT2D eigenvalue weighted by molar-refractivity contribution is -0.139. The number of rotatable bonds is 4. The third-order valence-corrected chi connectivity index (χ3v) is 7.31. The van der Waals surface area contributed by atoms with Crippen LogP contribution in [0.15, 0.2) is 48.0 Å². The number of alkyl halides is 6. The fraction of sp³-hybridized carbons (Fsp3) is 0.385. The van der Waals surface area contributed by atoms with E-state index in [9.17, 15) is 41.0 Å². The quantitative estimate of drug-likeness (QED) is 0.432. The maximum atomic E-state index is 14.0. The van der Waals surface area contributed by atoms with E-state index in [0.717, 1.165) is 24.6 Å². The molecule has 3 atom stereocenters. The van der Waals surface area contributed by atoms with Gasteiger partial charge < -0.3 is 10.0 Å². The van der Waals surface area contributed by atoms with Gasteiger partial charge in [0, 0.05) is 25.1 Å². The first-order valence-corrected chi connectivity index (χ1v) is 11.5. The van der Waals surface area contributed by atoms with Crippen LogP contribution in [0.25, 0.3) is 0 Å². The van der Waals surface area contributed by atoms with E-state index < -0.39 is 58.7 Å². The van der Waals surface area contributed by atoms with E-state index in [0.29, 0.717) is 18.5 Å². The zero-order valence-corrected chi connectivity index (χ0v) is 18.8. The second-order valence-electron chi connectivity index (χ2n) is 9.44. The summed E-state index contributed by atoms with van der Waals surface area (Å²) >= 11 is 0. The monoisotopic (exact) mass is 511 g/mol.